The molecule has 2 atom stereocenters. The maximum atomic E-state index is 5.45. The van der Waals surface area contributed by atoms with E-state index in [1.54, 1.807) is 0 Å². The average Bonchev–Trinajstić information content (AvgIpc) is 2.89. The molecule has 4 heteroatoms. The summed E-state index contributed by atoms with van der Waals surface area (Å²) < 4.78 is 5.45. The molecule has 1 N–H and O–H groups in total. The Hall–Kier alpha value is -0.870. The average molecular weight is 261 g/mol. The van der Waals surface area contributed by atoms with E-state index in [0.29, 0.717) is 0 Å². The second-order valence-corrected chi connectivity index (χ2v) is 6.30. The third-order valence-electron chi connectivity index (χ3n) is 5.36. The fraction of sp³-hybridized carbons (Fsp3) is 0.800. The third-order valence-corrected chi connectivity index (χ3v) is 5.36. The van der Waals surface area contributed by atoms with Crippen LogP contribution in [-0.2, 0) is 11.2 Å². The van der Waals surface area contributed by atoms with E-state index in [1.807, 2.05) is 0 Å². The van der Waals surface area contributed by atoms with Gasteiger partial charge in [-0.2, -0.15) is 5.10 Å². The van der Waals surface area contributed by atoms with Gasteiger partial charge in [-0.05, 0) is 37.2 Å². The zero-order valence-electron chi connectivity index (χ0n) is 11.6. The first-order valence-electron chi connectivity index (χ1n) is 7.72. The van der Waals surface area contributed by atoms with Crippen molar-refractivity contribution in [3.8, 4) is 0 Å². The number of hydrogen-bond acceptors (Lipinski definition) is 3. The van der Waals surface area contributed by atoms with Crippen LogP contribution in [0.3, 0.4) is 0 Å². The number of nitrogens with zero attached hydrogens (tertiary/aromatic N) is 2. The van der Waals surface area contributed by atoms with Crippen molar-refractivity contribution in [3.63, 3.8) is 0 Å². The van der Waals surface area contributed by atoms with Crippen LogP contribution in [0.4, 0.5) is 0 Å². The van der Waals surface area contributed by atoms with Crippen molar-refractivity contribution >= 4 is 0 Å². The first-order chi connectivity index (χ1) is 9.36. The summed E-state index contributed by atoms with van der Waals surface area (Å²) in [6.07, 6.45) is 3.82. The lowest BCUT2D eigenvalue weighted by atomic mass is 10.0. The summed E-state index contributed by atoms with van der Waals surface area (Å²) in [6, 6.07) is 3.10. The van der Waals surface area contributed by atoms with Crippen LogP contribution in [0.1, 0.15) is 37.1 Å². The molecule has 1 aliphatic heterocycles. The number of morpholine rings is 1. The molecule has 2 aliphatic carbocycles. The van der Waals surface area contributed by atoms with Crippen LogP contribution in [0, 0.1) is 11.8 Å². The van der Waals surface area contributed by atoms with Gasteiger partial charge in [0.1, 0.15) is 0 Å². The highest BCUT2D eigenvalue weighted by molar-refractivity contribution is 5.26. The molecule has 3 fully saturated rings. The summed E-state index contributed by atoms with van der Waals surface area (Å²) in [5.74, 6) is 2.57. The van der Waals surface area contributed by atoms with Gasteiger partial charge in [0.05, 0.1) is 18.9 Å². The van der Waals surface area contributed by atoms with E-state index >= 15 is 0 Å². The Morgan fingerprint density at radius 2 is 2.05 bits per heavy atom. The minimum Gasteiger partial charge on any atom is -0.379 e. The van der Waals surface area contributed by atoms with Gasteiger partial charge < -0.3 is 4.74 Å². The molecule has 1 aromatic rings. The van der Waals surface area contributed by atoms with Gasteiger partial charge in [-0.25, -0.2) is 0 Å². The maximum Gasteiger partial charge on any atom is 0.0661 e. The van der Waals surface area contributed by atoms with E-state index in [0.717, 1.165) is 56.5 Å². The molecule has 3 aliphatic rings. The number of fused-ring (bicyclic) bond motifs is 1. The Morgan fingerprint density at radius 3 is 2.68 bits per heavy atom. The molecule has 2 heterocycles. The molecule has 0 amide bonds. The molecule has 1 aromatic heterocycles. The monoisotopic (exact) mass is 261 g/mol. The van der Waals surface area contributed by atoms with E-state index in [-0.39, 0.29) is 0 Å². The fourth-order valence-corrected chi connectivity index (χ4v) is 4.22. The quantitative estimate of drug-likeness (QED) is 0.902. The van der Waals surface area contributed by atoms with Crippen molar-refractivity contribution in [3.05, 3.63) is 17.5 Å². The maximum absolute atomic E-state index is 5.45. The van der Waals surface area contributed by atoms with E-state index in [4.69, 9.17) is 4.74 Å². The van der Waals surface area contributed by atoms with Gasteiger partial charge in [0.2, 0.25) is 0 Å². The smallest absolute Gasteiger partial charge is 0.0661 e. The Balaban J connectivity index is 1.37. The highest BCUT2D eigenvalue weighted by Crippen LogP contribution is 2.63. The minimum atomic E-state index is 0.758. The molecular formula is C15H23N3O. The van der Waals surface area contributed by atoms with Gasteiger partial charge in [0, 0.05) is 30.7 Å². The van der Waals surface area contributed by atoms with Gasteiger partial charge in [0.15, 0.2) is 0 Å². The number of H-pyrrole nitrogens is 1. The lowest BCUT2D eigenvalue weighted by Gasteiger charge is -2.33. The fourth-order valence-electron chi connectivity index (χ4n) is 4.22. The zero-order valence-corrected chi connectivity index (χ0v) is 11.6. The van der Waals surface area contributed by atoms with Crippen molar-refractivity contribution in [2.24, 2.45) is 11.8 Å². The van der Waals surface area contributed by atoms with Crippen molar-refractivity contribution < 1.29 is 4.74 Å². The highest BCUT2D eigenvalue weighted by atomic mass is 16.5. The molecular weight excluding hydrogens is 238 g/mol. The van der Waals surface area contributed by atoms with Gasteiger partial charge in [-0.3, -0.25) is 10.00 Å². The van der Waals surface area contributed by atoms with E-state index in [1.165, 1.54) is 24.2 Å². The molecule has 4 rings (SSSR count). The topological polar surface area (TPSA) is 41.1 Å². The van der Waals surface area contributed by atoms with Gasteiger partial charge >= 0.3 is 0 Å². The normalized spacial score (nSPS) is 38.4. The second-order valence-electron chi connectivity index (χ2n) is 6.30. The summed E-state index contributed by atoms with van der Waals surface area (Å²) in [4.78, 5) is 2.65. The summed E-state index contributed by atoms with van der Waals surface area (Å²) in [6.45, 7) is 6.30. The number of aromatic amines is 1. The summed E-state index contributed by atoms with van der Waals surface area (Å²) in [5.41, 5.74) is 2.61. The summed E-state index contributed by atoms with van der Waals surface area (Å²) in [5, 5.41) is 7.67. The molecule has 4 nitrogen and oxygen atoms in total. The van der Waals surface area contributed by atoms with Crippen LogP contribution in [0.25, 0.3) is 0 Å². The molecule has 0 radical (unpaired) electrons. The molecule has 0 spiro atoms. The van der Waals surface area contributed by atoms with Crippen molar-refractivity contribution in [1.29, 1.82) is 0 Å². The molecule has 2 saturated carbocycles. The highest BCUT2D eigenvalue weighted by Gasteiger charge is 2.58. The van der Waals surface area contributed by atoms with Crippen LogP contribution in [0.5, 0.6) is 0 Å². The van der Waals surface area contributed by atoms with Gasteiger partial charge in [0.25, 0.3) is 0 Å². The molecule has 0 aromatic carbocycles. The first kappa shape index (κ1) is 11.9. The number of hydrogen-bond donors (Lipinski definition) is 1. The number of ether oxygens (including phenoxy) is 1. The van der Waals surface area contributed by atoms with Crippen LogP contribution >= 0.6 is 0 Å². The SMILES string of the molecule is CCc1cc(C2C3CC(N4CCOCC4)CC32)n[nH]1. The third kappa shape index (κ3) is 2.01. The summed E-state index contributed by atoms with van der Waals surface area (Å²) >= 11 is 0. The molecule has 0 bridgehead atoms. The zero-order chi connectivity index (χ0) is 12.8. The van der Waals surface area contributed by atoms with Crippen LogP contribution in [0.2, 0.25) is 0 Å². The Labute approximate surface area is 114 Å². The Morgan fingerprint density at radius 1 is 1.32 bits per heavy atom. The van der Waals surface area contributed by atoms with E-state index in [2.05, 4.69) is 28.1 Å². The van der Waals surface area contributed by atoms with Gasteiger partial charge in [-0.1, -0.05) is 6.92 Å². The van der Waals surface area contributed by atoms with E-state index < -0.39 is 0 Å². The van der Waals surface area contributed by atoms with Crippen molar-refractivity contribution in [2.45, 2.75) is 38.1 Å². The van der Waals surface area contributed by atoms with Gasteiger partial charge in [-0.15, -0.1) is 0 Å². The summed E-state index contributed by atoms with van der Waals surface area (Å²) in [7, 11) is 0. The molecule has 2 unspecified atom stereocenters. The number of aryl methyl sites for hydroxylation is 1. The van der Waals surface area contributed by atoms with Crippen LogP contribution in [0.15, 0.2) is 6.07 Å². The predicted molar refractivity (Wildman–Crippen MR) is 73.1 cm³/mol. The number of aromatic nitrogens is 2. The standard InChI is InChI=1S/C15H23N3O/c1-2-10-7-14(17-16-10)15-12-8-11(9-13(12)15)18-3-5-19-6-4-18/h7,11-13,15H,2-6,8-9H2,1H3,(H,16,17). The molecule has 1 saturated heterocycles. The predicted octanol–water partition coefficient (Wildman–Crippen LogP) is 1.80. The first-order valence-corrected chi connectivity index (χ1v) is 7.72. The van der Waals surface area contributed by atoms with Crippen LogP contribution in [-0.4, -0.2) is 47.4 Å². The lowest BCUT2D eigenvalue weighted by molar-refractivity contribution is 0.0151. The van der Waals surface area contributed by atoms with Crippen LogP contribution < -0.4 is 0 Å². The number of nitrogens with one attached hydrogen (secondary N) is 1. The van der Waals surface area contributed by atoms with Crippen molar-refractivity contribution in [2.75, 3.05) is 26.3 Å². The van der Waals surface area contributed by atoms with E-state index in [9.17, 15) is 0 Å². The Bertz CT molecular complexity index is 440. The molecule has 104 valence electrons. The lowest BCUT2D eigenvalue weighted by Crippen LogP contribution is -2.43. The molecule has 19 heavy (non-hydrogen) atoms. The second kappa shape index (κ2) is 4.60. The van der Waals surface area contributed by atoms with Crippen molar-refractivity contribution in [1.82, 2.24) is 15.1 Å². The number of rotatable bonds is 3. The minimum absolute atomic E-state index is 0.758. The largest absolute Gasteiger partial charge is 0.379 e. The Kier molecular flexibility index (Phi) is 2.88.